The molecule has 1 amide bonds. The van der Waals surface area contributed by atoms with Crippen LogP contribution in [0.5, 0.6) is 0 Å². The van der Waals surface area contributed by atoms with Gasteiger partial charge in [-0.15, -0.1) is 0 Å². The number of amides is 1. The van der Waals surface area contributed by atoms with Gasteiger partial charge in [-0.05, 0) is 6.92 Å². The number of nitrogens with zero attached hydrogens (tertiary/aromatic N) is 1. The van der Waals surface area contributed by atoms with Crippen LogP contribution in [0, 0.1) is 6.92 Å². The van der Waals surface area contributed by atoms with Gasteiger partial charge in [-0.1, -0.05) is 35.5 Å². The number of nitrogens with two attached hydrogens (primary N) is 2. The summed E-state index contributed by atoms with van der Waals surface area (Å²) in [4.78, 5) is 12.0. The molecule has 2 aromatic rings. The van der Waals surface area contributed by atoms with E-state index in [9.17, 15) is 9.36 Å². The fourth-order valence-electron chi connectivity index (χ4n) is 1.65. The SMILES string of the molecule is Cc1onc(-c2ccccc2)c1C(=O)NP(N)(N)=O. The van der Waals surface area contributed by atoms with Gasteiger partial charge in [-0.2, -0.15) is 0 Å². The first kappa shape index (κ1) is 13.5. The highest BCUT2D eigenvalue weighted by atomic mass is 31.2. The van der Waals surface area contributed by atoms with E-state index >= 15 is 0 Å². The average Bonchev–Trinajstić information content (AvgIpc) is 2.70. The van der Waals surface area contributed by atoms with Crippen molar-refractivity contribution in [2.75, 3.05) is 0 Å². The van der Waals surface area contributed by atoms with Gasteiger partial charge in [0.25, 0.3) is 5.91 Å². The van der Waals surface area contributed by atoms with Crippen molar-refractivity contribution >= 4 is 13.5 Å². The summed E-state index contributed by atoms with van der Waals surface area (Å²) in [5, 5.41) is 5.87. The number of hydrogen-bond acceptors (Lipinski definition) is 4. The number of aromatic nitrogens is 1. The van der Waals surface area contributed by atoms with Crippen LogP contribution in [0.1, 0.15) is 16.1 Å². The predicted molar refractivity (Wildman–Crippen MR) is 70.1 cm³/mol. The Bertz CT molecular complexity index is 647. The quantitative estimate of drug-likeness (QED) is 0.730. The molecule has 1 heterocycles. The van der Waals surface area contributed by atoms with Crippen LogP contribution in [0.15, 0.2) is 34.9 Å². The molecule has 0 unspecified atom stereocenters. The van der Waals surface area contributed by atoms with Crippen molar-refractivity contribution in [3.05, 3.63) is 41.7 Å². The molecule has 100 valence electrons. The lowest BCUT2D eigenvalue weighted by atomic mass is 10.1. The lowest BCUT2D eigenvalue weighted by Gasteiger charge is -2.08. The second-order valence-corrected chi connectivity index (χ2v) is 5.62. The van der Waals surface area contributed by atoms with Gasteiger partial charge >= 0.3 is 7.59 Å². The van der Waals surface area contributed by atoms with E-state index in [1.165, 1.54) is 0 Å². The van der Waals surface area contributed by atoms with Gasteiger partial charge < -0.3 is 4.52 Å². The Morgan fingerprint density at radius 1 is 1.32 bits per heavy atom. The van der Waals surface area contributed by atoms with Crippen molar-refractivity contribution in [3.8, 4) is 11.3 Å². The predicted octanol–water partition coefficient (Wildman–Crippen LogP) is 1.41. The summed E-state index contributed by atoms with van der Waals surface area (Å²) in [5.41, 5.74) is 11.5. The average molecular weight is 280 g/mol. The van der Waals surface area contributed by atoms with Crippen LogP contribution >= 0.6 is 7.59 Å². The third-order valence-corrected chi connectivity index (χ3v) is 2.97. The van der Waals surface area contributed by atoms with E-state index in [1.54, 1.807) is 31.2 Å². The Hall–Kier alpha value is -1.95. The van der Waals surface area contributed by atoms with E-state index in [2.05, 4.69) is 5.16 Å². The zero-order valence-electron chi connectivity index (χ0n) is 10.2. The first-order valence-electron chi connectivity index (χ1n) is 5.40. The van der Waals surface area contributed by atoms with Crippen molar-refractivity contribution < 1.29 is 13.9 Å². The maximum absolute atomic E-state index is 12.0. The summed E-state index contributed by atoms with van der Waals surface area (Å²) >= 11 is 0. The van der Waals surface area contributed by atoms with Gasteiger partial charge in [0.05, 0.1) is 0 Å². The number of rotatable bonds is 3. The number of aryl methyl sites for hydroxylation is 1. The molecular formula is C11H13N4O3P. The normalized spacial score (nSPS) is 11.3. The largest absolute Gasteiger partial charge is 0.360 e. The Kier molecular flexibility index (Phi) is 3.53. The van der Waals surface area contributed by atoms with Gasteiger partial charge in [0.2, 0.25) is 0 Å². The van der Waals surface area contributed by atoms with E-state index < -0.39 is 13.5 Å². The van der Waals surface area contributed by atoms with Crippen LogP contribution in [-0.4, -0.2) is 11.1 Å². The van der Waals surface area contributed by atoms with Crippen LogP contribution < -0.4 is 16.1 Å². The van der Waals surface area contributed by atoms with Crippen LogP contribution in [-0.2, 0) is 4.57 Å². The molecule has 19 heavy (non-hydrogen) atoms. The molecule has 0 atom stereocenters. The third-order valence-electron chi connectivity index (χ3n) is 2.41. The van der Waals surface area contributed by atoms with E-state index in [0.717, 1.165) is 0 Å². The molecule has 0 aliphatic heterocycles. The molecule has 0 fully saturated rings. The molecule has 5 N–H and O–H groups in total. The molecule has 8 heteroatoms. The highest BCUT2D eigenvalue weighted by Gasteiger charge is 2.24. The molecule has 0 spiro atoms. The first-order valence-corrected chi connectivity index (χ1v) is 7.24. The topological polar surface area (TPSA) is 124 Å². The number of nitrogens with one attached hydrogen (secondary N) is 1. The van der Waals surface area contributed by atoms with Crippen molar-refractivity contribution in [3.63, 3.8) is 0 Å². The Labute approximate surface area is 109 Å². The molecule has 0 aliphatic rings. The van der Waals surface area contributed by atoms with E-state index in [4.69, 9.17) is 15.5 Å². The standard InChI is InChI=1S/C11H13N4O3P/c1-7-9(11(16)15-19(12,13)17)10(14-18-7)8-5-3-2-4-6-8/h2-6H,1H3,(H5,12,13,15,16,17). The lowest BCUT2D eigenvalue weighted by molar-refractivity contribution is 0.0979. The van der Waals surface area contributed by atoms with Crippen LogP contribution in [0.25, 0.3) is 11.3 Å². The minimum atomic E-state index is -3.66. The maximum atomic E-state index is 12.0. The Balaban J connectivity index is 2.44. The van der Waals surface area contributed by atoms with Gasteiger partial charge in [0.1, 0.15) is 17.0 Å². The van der Waals surface area contributed by atoms with E-state index in [1.807, 2.05) is 11.2 Å². The fourth-order valence-corrected chi connectivity index (χ4v) is 2.08. The van der Waals surface area contributed by atoms with Crippen LogP contribution in [0.2, 0.25) is 0 Å². The fraction of sp³-hybridized carbons (Fsp3) is 0.0909. The second-order valence-electron chi connectivity index (χ2n) is 3.98. The van der Waals surface area contributed by atoms with Crippen molar-refractivity contribution in [2.45, 2.75) is 6.92 Å². The van der Waals surface area contributed by atoms with Gasteiger partial charge in [-0.25, -0.2) is 0 Å². The summed E-state index contributed by atoms with van der Waals surface area (Å²) < 4.78 is 16.3. The molecule has 0 saturated heterocycles. The Morgan fingerprint density at radius 3 is 2.53 bits per heavy atom. The summed E-state index contributed by atoms with van der Waals surface area (Å²) in [7, 11) is -3.66. The monoisotopic (exact) mass is 280 g/mol. The van der Waals surface area contributed by atoms with E-state index in [-0.39, 0.29) is 5.56 Å². The molecule has 0 radical (unpaired) electrons. The van der Waals surface area contributed by atoms with Crippen LogP contribution in [0.3, 0.4) is 0 Å². The highest BCUT2D eigenvalue weighted by molar-refractivity contribution is 7.57. The van der Waals surface area contributed by atoms with Crippen molar-refractivity contribution in [2.24, 2.45) is 11.0 Å². The summed E-state index contributed by atoms with van der Waals surface area (Å²) in [6.45, 7) is 1.58. The van der Waals surface area contributed by atoms with Gasteiger partial charge in [0, 0.05) is 5.56 Å². The molecule has 0 saturated carbocycles. The molecule has 7 nitrogen and oxygen atoms in total. The molecule has 0 aliphatic carbocycles. The summed E-state index contributed by atoms with van der Waals surface area (Å²) in [5.74, 6) is -0.379. The highest BCUT2D eigenvalue weighted by Crippen LogP contribution is 2.27. The van der Waals surface area contributed by atoms with Gasteiger partial charge in [-0.3, -0.25) is 25.5 Å². The third kappa shape index (κ3) is 3.08. The zero-order valence-corrected chi connectivity index (χ0v) is 11.1. The summed E-state index contributed by atoms with van der Waals surface area (Å²) in [6, 6.07) is 9.00. The van der Waals surface area contributed by atoms with Crippen LogP contribution in [0.4, 0.5) is 0 Å². The number of benzene rings is 1. The smallest absolute Gasteiger partial charge is 0.300 e. The number of carbonyl (C=O) groups is 1. The molecule has 1 aromatic carbocycles. The minimum Gasteiger partial charge on any atom is -0.360 e. The molecule has 1 aromatic heterocycles. The van der Waals surface area contributed by atoms with E-state index in [0.29, 0.717) is 17.0 Å². The number of carbonyl (C=O) groups excluding carboxylic acids is 1. The molecular weight excluding hydrogens is 267 g/mol. The molecule has 0 bridgehead atoms. The van der Waals surface area contributed by atoms with Gasteiger partial charge in [0.15, 0.2) is 0 Å². The number of hydrogen-bond donors (Lipinski definition) is 3. The second kappa shape index (κ2) is 4.97. The van der Waals surface area contributed by atoms with Crippen molar-refractivity contribution in [1.82, 2.24) is 10.2 Å². The summed E-state index contributed by atoms with van der Waals surface area (Å²) in [6.07, 6.45) is 0. The lowest BCUT2D eigenvalue weighted by Crippen LogP contribution is -2.28. The zero-order chi connectivity index (χ0) is 14.0. The minimum absolute atomic E-state index is 0.169. The molecule has 2 rings (SSSR count). The Morgan fingerprint density at radius 2 is 1.95 bits per heavy atom. The first-order chi connectivity index (χ1) is 8.88. The van der Waals surface area contributed by atoms with Crippen molar-refractivity contribution in [1.29, 1.82) is 0 Å². The maximum Gasteiger partial charge on any atom is 0.300 e.